The summed E-state index contributed by atoms with van der Waals surface area (Å²) in [4.78, 5) is 24.2. The minimum atomic E-state index is -0.244. The number of rotatable bonds is 2. The van der Waals surface area contributed by atoms with E-state index in [-0.39, 0.29) is 24.3 Å². The van der Waals surface area contributed by atoms with Crippen LogP contribution in [0.3, 0.4) is 0 Å². The average Bonchev–Trinajstić information content (AvgIpc) is 2.51. The molecule has 4 nitrogen and oxygen atoms in total. The molecule has 1 aromatic rings. The van der Waals surface area contributed by atoms with Crippen LogP contribution < -0.4 is 9.64 Å². The fourth-order valence-electron chi connectivity index (χ4n) is 1.99. The van der Waals surface area contributed by atoms with Crippen molar-refractivity contribution >= 4 is 17.5 Å². The Hall–Kier alpha value is -1.84. The molecule has 0 radical (unpaired) electrons. The first-order chi connectivity index (χ1) is 7.99. The van der Waals surface area contributed by atoms with Gasteiger partial charge in [-0.15, -0.1) is 0 Å². The fourth-order valence-corrected chi connectivity index (χ4v) is 1.99. The van der Waals surface area contributed by atoms with Crippen LogP contribution >= 0.6 is 0 Å². The summed E-state index contributed by atoms with van der Waals surface area (Å²) in [5.41, 5.74) is 1.53. The van der Waals surface area contributed by atoms with Crippen molar-refractivity contribution in [1.29, 1.82) is 0 Å². The summed E-state index contributed by atoms with van der Waals surface area (Å²) in [6, 6.07) is 5.38. The molecular formula is C13H15NO3. The topological polar surface area (TPSA) is 46.6 Å². The number of hydrogen-bond donors (Lipinski definition) is 0. The molecule has 2 rings (SSSR count). The summed E-state index contributed by atoms with van der Waals surface area (Å²) in [6.07, 6.45) is 0.360. The number of imide groups is 1. The zero-order valence-electron chi connectivity index (χ0n) is 10.2. The van der Waals surface area contributed by atoms with Crippen molar-refractivity contribution in [3.05, 3.63) is 23.8 Å². The maximum atomic E-state index is 11.7. The first kappa shape index (κ1) is 11.6. The number of carbonyl (C=O) groups excluding carboxylic acids is 2. The number of benzene rings is 1. The molecule has 90 valence electrons. The van der Waals surface area contributed by atoms with Gasteiger partial charge < -0.3 is 4.74 Å². The third kappa shape index (κ3) is 2.16. The van der Waals surface area contributed by atoms with Crippen molar-refractivity contribution in [2.24, 2.45) is 0 Å². The van der Waals surface area contributed by atoms with E-state index in [1.165, 1.54) is 11.8 Å². The van der Waals surface area contributed by atoms with Gasteiger partial charge >= 0.3 is 0 Å². The number of nitrogens with zero attached hydrogens (tertiary/aromatic N) is 1. The van der Waals surface area contributed by atoms with Crippen LogP contribution in [0, 0.1) is 0 Å². The molecular weight excluding hydrogens is 218 g/mol. The van der Waals surface area contributed by atoms with E-state index in [1.54, 1.807) is 12.1 Å². The number of ether oxygens (including phenoxy) is 1. The van der Waals surface area contributed by atoms with Gasteiger partial charge in [0, 0.05) is 6.92 Å². The molecule has 2 amide bonds. The molecule has 1 aliphatic heterocycles. The van der Waals surface area contributed by atoms with Gasteiger partial charge in [0.1, 0.15) is 5.75 Å². The summed E-state index contributed by atoms with van der Waals surface area (Å²) >= 11 is 0. The maximum Gasteiger partial charge on any atom is 0.238 e. The summed E-state index contributed by atoms with van der Waals surface area (Å²) in [7, 11) is 0. The standard InChI is InChI=1S/C13H15NO3/c1-8(2)17-11-4-5-12-10(6-11)7-13(16)14(12)9(3)15/h4-6,8H,7H2,1-3H3. The molecule has 1 heterocycles. The maximum absolute atomic E-state index is 11.7. The fraction of sp³-hybridized carbons (Fsp3) is 0.385. The number of hydrogen-bond acceptors (Lipinski definition) is 3. The van der Waals surface area contributed by atoms with Gasteiger partial charge in [0.25, 0.3) is 0 Å². The van der Waals surface area contributed by atoms with E-state index in [0.29, 0.717) is 5.69 Å². The van der Waals surface area contributed by atoms with Crippen molar-refractivity contribution in [3.63, 3.8) is 0 Å². The van der Waals surface area contributed by atoms with Crippen LogP contribution in [0.15, 0.2) is 18.2 Å². The van der Waals surface area contributed by atoms with E-state index in [1.807, 2.05) is 19.9 Å². The summed E-state index contributed by atoms with van der Waals surface area (Å²) in [6.45, 7) is 5.28. The lowest BCUT2D eigenvalue weighted by atomic mass is 10.1. The average molecular weight is 233 g/mol. The molecule has 0 spiro atoms. The highest BCUT2D eigenvalue weighted by Crippen LogP contribution is 2.32. The normalized spacial score (nSPS) is 14.1. The number of amides is 2. The Morgan fingerprint density at radius 3 is 2.71 bits per heavy atom. The van der Waals surface area contributed by atoms with Crippen LogP contribution in [0.5, 0.6) is 5.75 Å². The Bertz CT molecular complexity index is 480. The number of anilines is 1. The molecule has 17 heavy (non-hydrogen) atoms. The van der Waals surface area contributed by atoms with Gasteiger partial charge in [0.15, 0.2) is 0 Å². The molecule has 0 bridgehead atoms. The molecule has 0 fully saturated rings. The van der Waals surface area contributed by atoms with Crippen LogP contribution in [0.25, 0.3) is 0 Å². The third-order valence-corrected chi connectivity index (χ3v) is 2.57. The Balaban J connectivity index is 2.34. The van der Waals surface area contributed by atoms with Crippen molar-refractivity contribution in [2.45, 2.75) is 33.3 Å². The smallest absolute Gasteiger partial charge is 0.238 e. The molecule has 1 aromatic carbocycles. The van der Waals surface area contributed by atoms with Gasteiger partial charge in [-0.05, 0) is 37.6 Å². The zero-order valence-corrected chi connectivity index (χ0v) is 10.2. The van der Waals surface area contributed by atoms with E-state index in [0.717, 1.165) is 11.3 Å². The van der Waals surface area contributed by atoms with Gasteiger partial charge in [-0.25, -0.2) is 0 Å². The van der Waals surface area contributed by atoms with E-state index in [2.05, 4.69) is 0 Å². The summed E-state index contributed by atoms with van der Waals surface area (Å²) in [5.74, 6) is 0.317. The Labute approximate surface area is 100 Å². The second kappa shape index (κ2) is 4.20. The van der Waals surface area contributed by atoms with E-state index in [9.17, 15) is 9.59 Å². The lowest BCUT2D eigenvalue weighted by molar-refractivity contribution is -0.124. The second-order valence-electron chi connectivity index (χ2n) is 4.38. The Kier molecular flexibility index (Phi) is 2.88. The van der Waals surface area contributed by atoms with Crippen LogP contribution in [0.1, 0.15) is 26.3 Å². The molecule has 0 N–H and O–H groups in total. The summed E-state index contributed by atoms with van der Waals surface area (Å²) < 4.78 is 5.56. The monoisotopic (exact) mass is 233 g/mol. The first-order valence-corrected chi connectivity index (χ1v) is 5.62. The quantitative estimate of drug-likeness (QED) is 0.783. The number of fused-ring (bicyclic) bond motifs is 1. The molecule has 0 saturated carbocycles. The zero-order chi connectivity index (χ0) is 12.6. The Morgan fingerprint density at radius 2 is 2.12 bits per heavy atom. The minimum Gasteiger partial charge on any atom is -0.491 e. The second-order valence-corrected chi connectivity index (χ2v) is 4.38. The van der Waals surface area contributed by atoms with E-state index >= 15 is 0 Å². The summed E-state index contributed by atoms with van der Waals surface area (Å²) in [5, 5.41) is 0. The SMILES string of the molecule is CC(=O)N1C(=O)Cc2cc(OC(C)C)ccc21. The van der Waals surface area contributed by atoms with Crippen LogP contribution in [-0.4, -0.2) is 17.9 Å². The molecule has 4 heteroatoms. The van der Waals surface area contributed by atoms with Crippen molar-refractivity contribution < 1.29 is 14.3 Å². The first-order valence-electron chi connectivity index (χ1n) is 5.62. The predicted octanol–water partition coefficient (Wildman–Crippen LogP) is 1.91. The van der Waals surface area contributed by atoms with E-state index in [4.69, 9.17) is 4.74 Å². The van der Waals surface area contributed by atoms with Crippen LogP contribution in [0.4, 0.5) is 5.69 Å². The van der Waals surface area contributed by atoms with Gasteiger partial charge in [0.2, 0.25) is 11.8 Å². The molecule has 0 aromatic heterocycles. The highest BCUT2D eigenvalue weighted by atomic mass is 16.5. The largest absolute Gasteiger partial charge is 0.491 e. The molecule has 0 saturated heterocycles. The van der Waals surface area contributed by atoms with Crippen molar-refractivity contribution in [3.8, 4) is 5.75 Å². The van der Waals surface area contributed by atoms with E-state index < -0.39 is 0 Å². The number of carbonyl (C=O) groups is 2. The van der Waals surface area contributed by atoms with Gasteiger partial charge in [-0.2, -0.15) is 0 Å². The molecule has 0 aliphatic carbocycles. The van der Waals surface area contributed by atoms with Gasteiger partial charge in [0.05, 0.1) is 18.2 Å². The predicted molar refractivity (Wildman–Crippen MR) is 64.1 cm³/mol. The van der Waals surface area contributed by atoms with Gasteiger partial charge in [-0.1, -0.05) is 0 Å². The molecule has 1 aliphatic rings. The highest BCUT2D eigenvalue weighted by Gasteiger charge is 2.30. The third-order valence-electron chi connectivity index (χ3n) is 2.57. The Morgan fingerprint density at radius 1 is 1.41 bits per heavy atom. The van der Waals surface area contributed by atoms with Crippen molar-refractivity contribution in [2.75, 3.05) is 4.90 Å². The van der Waals surface area contributed by atoms with Crippen LogP contribution in [0.2, 0.25) is 0 Å². The van der Waals surface area contributed by atoms with Gasteiger partial charge in [-0.3, -0.25) is 14.5 Å². The highest BCUT2D eigenvalue weighted by molar-refractivity contribution is 6.18. The van der Waals surface area contributed by atoms with Crippen molar-refractivity contribution in [1.82, 2.24) is 0 Å². The molecule has 0 unspecified atom stereocenters. The lowest BCUT2D eigenvalue weighted by Crippen LogP contribution is -2.31. The minimum absolute atomic E-state index is 0.0917. The van der Waals surface area contributed by atoms with Crippen LogP contribution in [-0.2, 0) is 16.0 Å². The molecule has 0 atom stereocenters. The lowest BCUT2D eigenvalue weighted by Gasteiger charge is -2.14.